The summed E-state index contributed by atoms with van der Waals surface area (Å²) in [5.41, 5.74) is 2.45. The van der Waals surface area contributed by atoms with Crippen molar-refractivity contribution in [1.82, 2.24) is 9.97 Å². The fourth-order valence-corrected chi connectivity index (χ4v) is 1.18. The molecule has 0 saturated carbocycles. The lowest BCUT2D eigenvalue weighted by atomic mass is 10.2. The van der Waals surface area contributed by atoms with E-state index in [0.29, 0.717) is 18.2 Å². The van der Waals surface area contributed by atoms with Crippen molar-refractivity contribution in [1.29, 1.82) is 0 Å². The lowest BCUT2D eigenvalue weighted by Crippen LogP contribution is -2.24. The minimum Gasteiger partial charge on any atom is -0.383 e. The van der Waals surface area contributed by atoms with E-state index in [0.717, 1.165) is 6.42 Å². The number of methoxy groups -OCH3 is 1. The summed E-state index contributed by atoms with van der Waals surface area (Å²) in [6.45, 7) is 2.72. The number of nitrogens with one attached hydrogen (secondary N) is 2. The molecule has 1 atom stereocenters. The molecule has 0 saturated heterocycles. The van der Waals surface area contributed by atoms with Gasteiger partial charge in [-0.05, 0) is 6.42 Å². The van der Waals surface area contributed by atoms with E-state index in [2.05, 4.69) is 27.6 Å². The molecule has 0 amide bonds. The average molecular weight is 211 g/mol. The first-order valence-corrected chi connectivity index (χ1v) is 4.84. The van der Waals surface area contributed by atoms with Crippen LogP contribution in [0, 0.1) is 0 Å². The van der Waals surface area contributed by atoms with Gasteiger partial charge in [0.25, 0.3) is 0 Å². The predicted molar refractivity (Wildman–Crippen MR) is 59.4 cm³/mol. The maximum absolute atomic E-state index is 5.24. The number of aromatic nitrogens is 2. The van der Waals surface area contributed by atoms with Gasteiger partial charge in [0.05, 0.1) is 25.0 Å². The van der Waals surface area contributed by atoms with Crippen molar-refractivity contribution < 1.29 is 4.74 Å². The average Bonchev–Trinajstić information content (AvgIpc) is 2.29. The lowest BCUT2D eigenvalue weighted by molar-refractivity contribution is 0.184. The van der Waals surface area contributed by atoms with E-state index < -0.39 is 0 Å². The summed E-state index contributed by atoms with van der Waals surface area (Å²) in [5.74, 6) is 6.46. The monoisotopic (exact) mass is 211 g/mol. The predicted octanol–water partition coefficient (Wildman–Crippen LogP) is 0.599. The van der Waals surface area contributed by atoms with Crippen LogP contribution in [0.1, 0.15) is 13.3 Å². The minimum atomic E-state index is 0.234. The summed E-state index contributed by atoms with van der Waals surface area (Å²) in [6, 6.07) is 0.234. The van der Waals surface area contributed by atoms with Crippen molar-refractivity contribution in [3.8, 4) is 0 Å². The van der Waals surface area contributed by atoms with Crippen LogP contribution in [0.15, 0.2) is 12.4 Å². The van der Waals surface area contributed by atoms with Gasteiger partial charge in [-0.1, -0.05) is 6.92 Å². The third-order valence-corrected chi connectivity index (χ3v) is 2.00. The molecule has 4 N–H and O–H groups in total. The lowest BCUT2D eigenvalue weighted by Gasteiger charge is -2.16. The molecule has 1 aromatic rings. The maximum Gasteiger partial charge on any atom is 0.160 e. The van der Waals surface area contributed by atoms with Gasteiger partial charge in [-0.25, -0.2) is 10.8 Å². The summed E-state index contributed by atoms with van der Waals surface area (Å²) in [4.78, 5) is 8.19. The SMILES string of the molecule is CCC(COC)Nc1cncc(NN)n1. The third kappa shape index (κ3) is 3.69. The molecule has 0 aliphatic heterocycles. The Labute approximate surface area is 89.2 Å². The molecule has 84 valence electrons. The van der Waals surface area contributed by atoms with Crippen LogP contribution < -0.4 is 16.6 Å². The Morgan fingerprint density at radius 2 is 2.20 bits per heavy atom. The Morgan fingerprint density at radius 1 is 1.47 bits per heavy atom. The molecule has 0 radical (unpaired) electrons. The van der Waals surface area contributed by atoms with Crippen molar-refractivity contribution >= 4 is 11.6 Å². The first-order chi connectivity index (χ1) is 7.30. The molecule has 0 bridgehead atoms. The molecule has 1 unspecified atom stereocenters. The number of nitrogens with zero attached hydrogens (tertiary/aromatic N) is 2. The number of nitrogen functional groups attached to an aromatic ring is 1. The summed E-state index contributed by atoms with van der Waals surface area (Å²) in [5, 5.41) is 3.21. The highest BCUT2D eigenvalue weighted by atomic mass is 16.5. The molecule has 15 heavy (non-hydrogen) atoms. The highest BCUT2D eigenvalue weighted by Gasteiger charge is 2.06. The van der Waals surface area contributed by atoms with Gasteiger partial charge in [-0.3, -0.25) is 4.98 Å². The largest absolute Gasteiger partial charge is 0.383 e. The Morgan fingerprint density at radius 3 is 2.80 bits per heavy atom. The normalized spacial score (nSPS) is 12.2. The molecular weight excluding hydrogens is 194 g/mol. The van der Waals surface area contributed by atoms with E-state index in [-0.39, 0.29) is 6.04 Å². The Hall–Kier alpha value is -1.40. The zero-order valence-corrected chi connectivity index (χ0v) is 9.03. The molecule has 1 rings (SSSR count). The second-order valence-electron chi connectivity index (χ2n) is 3.14. The van der Waals surface area contributed by atoms with Crippen molar-refractivity contribution in [3.05, 3.63) is 12.4 Å². The van der Waals surface area contributed by atoms with E-state index in [9.17, 15) is 0 Å². The molecule has 0 spiro atoms. The quantitative estimate of drug-likeness (QED) is 0.472. The second-order valence-corrected chi connectivity index (χ2v) is 3.14. The standard InChI is InChI=1S/C9H17N5O/c1-3-7(6-15-2)12-8-4-11-5-9(13-8)14-10/h4-5,7H,3,6,10H2,1-2H3,(H2,12,13,14). The molecule has 0 fully saturated rings. The van der Waals surface area contributed by atoms with Gasteiger partial charge < -0.3 is 15.5 Å². The fourth-order valence-electron chi connectivity index (χ4n) is 1.18. The van der Waals surface area contributed by atoms with E-state index in [1.54, 1.807) is 19.5 Å². The van der Waals surface area contributed by atoms with Crippen LogP contribution in [-0.4, -0.2) is 29.7 Å². The molecule has 1 aromatic heterocycles. The first kappa shape index (κ1) is 11.7. The Kier molecular flexibility index (Phi) is 4.79. The fraction of sp³-hybridized carbons (Fsp3) is 0.556. The molecule has 6 nitrogen and oxygen atoms in total. The molecule has 6 heteroatoms. The summed E-state index contributed by atoms with van der Waals surface area (Å²) < 4.78 is 5.07. The van der Waals surface area contributed by atoms with E-state index in [4.69, 9.17) is 10.6 Å². The van der Waals surface area contributed by atoms with E-state index >= 15 is 0 Å². The minimum absolute atomic E-state index is 0.234. The van der Waals surface area contributed by atoms with E-state index in [1.165, 1.54) is 0 Å². The van der Waals surface area contributed by atoms with Gasteiger partial charge in [0.2, 0.25) is 0 Å². The van der Waals surface area contributed by atoms with Gasteiger partial charge in [-0.15, -0.1) is 0 Å². The number of hydrogen-bond donors (Lipinski definition) is 3. The van der Waals surface area contributed by atoms with Gasteiger partial charge in [0.15, 0.2) is 5.82 Å². The highest BCUT2D eigenvalue weighted by Crippen LogP contribution is 2.08. The maximum atomic E-state index is 5.24. The van der Waals surface area contributed by atoms with Crippen molar-refractivity contribution in [2.45, 2.75) is 19.4 Å². The molecule has 1 heterocycles. The number of hydrogen-bond acceptors (Lipinski definition) is 6. The third-order valence-electron chi connectivity index (χ3n) is 2.00. The van der Waals surface area contributed by atoms with Crippen molar-refractivity contribution in [3.63, 3.8) is 0 Å². The van der Waals surface area contributed by atoms with Crippen LogP contribution in [0.4, 0.5) is 11.6 Å². The molecular formula is C9H17N5O. The zero-order chi connectivity index (χ0) is 11.1. The highest BCUT2D eigenvalue weighted by molar-refractivity contribution is 5.41. The van der Waals surface area contributed by atoms with Crippen LogP contribution in [0.3, 0.4) is 0 Å². The topological polar surface area (TPSA) is 85.1 Å². The smallest absolute Gasteiger partial charge is 0.160 e. The first-order valence-electron chi connectivity index (χ1n) is 4.84. The molecule has 0 aliphatic rings. The van der Waals surface area contributed by atoms with Gasteiger partial charge in [0.1, 0.15) is 5.82 Å². The van der Waals surface area contributed by atoms with Crippen LogP contribution in [0.5, 0.6) is 0 Å². The summed E-state index contributed by atoms with van der Waals surface area (Å²) in [6.07, 6.45) is 4.16. The van der Waals surface area contributed by atoms with Crippen molar-refractivity contribution in [2.75, 3.05) is 24.5 Å². The van der Waals surface area contributed by atoms with Gasteiger partial charge in [0, 0.05) is 7.11 Å². The van der Waals surface area contributed by atoms with Gasteiger partial charge in [-0.2, -0.15) is 0 Å². The second kappa shape index (κ2) is 6.15. The Bertz CT molecular complexity index is 294. The van der Waals surface area contributed by atoms with Crippen molar-refractivity contribution in [2.24, 2.45) is 5.84 Å². The summed E-state index contributed by atoms with van der Waals surface area (Å²) >= 11 is 0. The molecule has 0 aliphatic carbocycles. The van der Waals surface area contributed by atoms with Crippen LogP contribution in [0.2, 0.25) is 0 Å². The van der Waals surface area contributed by atoms with Crippen LogP contribution in [0.25, 0.3) is 0 Å². The number of anilines is 2. The van der Waals surface area contributed by atoms with E-state index in [1.807, 2.05) is 0 Å². The van der Waals surface area contributed by atoms with Crippen LogP contribution in [-0.2, 0) is 4.74 Å². The zero-order valence-electron chi connectivity index (χ0n) is 9.03. The number of ether oxygens (including phenoxy) is 1. The number of hydrazine groups is 1. The molecule has 0 aromatic carbocycles. The van der Waals surface area contributed by atoms with Gasteiger partial charge >= 0.3 is 0 Å². The summed E-state index contributed by atoms with van der Waals surface area (Å²) in [7, 11) is 1.67. The number of rotatable bonds is 6. The van der Waals surface area contributed by atoms with Crippen LogP contribution >= 0.6 is 0 Å². The Balaban J connectivity index is 2.61. The number of nitrogens with two attached hydrogens (primary N) is 1.